The molecular weight excluding hydrogens is 380 g/mol. The summed E-state index contributed by atoms with van der Waals surface area (Å²) in [6.45, 7) is -0.0314. The Balaban J connectivity index is 1.64. The van der Waals surface area contributed by atoms with Crippen molar-refractivity contribution in [1.29, 1.82) is 0 Å². The molecule has 2 heterocycles. The second-order valence-corrected chi connectivity index (χ2v) is 6.84. The maximum absolute atomic E-state index is 12.9. The van der Waals surface area contributed by atoms with Crippen molar-refractivity contribution in [2.45, 2.75) is 6.04 Å². The Morgan fingerprint density at radius 1 is 1.29 bits per heavy atom. The van der Waals surface area contributed by atoms with Crippen LogP contribution in [0.5, 0.6) is 5.75 Å². The highest BCUT2D eigenvalue weighted by molar-refractivity contribution is 6.30. The number of imidazole rings is 1. The van der Waals surface area contributed by atoms with Crippen LogP contribution in [-0.2, 0) is 11.8 Å². The van der Waals surface area contributed by atoms with E-state index in [4.69, 9.17) is 16.3 Å². The number of benzene rings is 2. The second kappa shape index (κ2) is 7.36. The number of hydrogen-bond acceptors (Lipinski definition) is 4. The zero-order chi connectivity index (χ0) is 19.7. The van der Waals surface area contributed by atoms with Crippen molar-refractivity contribution in [2.75, 3.05) is 11.9 Å². The lowest BCUT2D eigenvalue weighted by atomic mass is 10.0. The van der Waals surface area contributed by atoms with Gasteiger partial charge in [0, 0.05) is 30.0 Å². The number of amides is 2. The summed E-state index contributed by atoms with van der Waals surface area (Å²) >= 11 is 6.00. The number of aryl methyl sites for hydroxylation is 1. The van der Waals surface area contributed by atoms with Crippen molar-refractivity contribution < 1.29 is 14.3 Å². The first-order valence-corrected chi connectivity index (χ1v) is 8.99. The van der Waals surface area contributed by atoms with Gasteiger partial charge in [0.05, 0.1) is 5.69 Å². The molecule has 0 unspecified atom stereocenters. The smallest absolute Gasteiger partial charge is 0.262 e. The molecule has 0 aliphatic carbocycles. The van der Waals surface area contributed by atoms with E-state index in [9.17, 15) is 9.59 Å². The van der Waals surface area contributed by atoms with Gasteiger partial charge in [-0.15, -0.1) is 0 Å². The summed E-state index contributed by atoms with van der Waals surface area (Å²) < 4.78 is 7.18. The average molecular weight is 397 g/mol. The molecule has 1 aliphatic heterocycles. The van der Waals surface area contributed by atoms with Crippen LogP contribution in [0.3, 0.4) is 0 Å². The van der Waals surface area contributed by atoms with Gasteiger partial charge in [-0.1, -0.05) is 23.7 Å². The molecule has 0 radical (unpaired) electrons. The van der Waals surface area contributed by atoms with E-state index in [0.717, 1.165) is 5.56 Å². The quantitative estimate of drug-likeness (QED) is 0.710. The van der Waals surface area contributed by atoms with E-state index in [-0.39, 0.29) is 18.4 Å². The second-order valence-electron chi connectivity index (χ2n) is 6.40. The van der Waals surface area contributed by atoms with Gasteiger partial charge in [-0.05, 0) is 35.9 Å². The number of nitrogens with zero attached hydrogens (tertiary/aromatic N) is 2. The molecule has 1 aromatic heterocycles. The van der Waals surface area contributed by atoms with Crippen molar-refractivity contribution >= 4 is 29.1 Å². The zero-order valence-electron chi connectivity index (χ0n) is 15.0. The first-order chi connectivity index (χ1) is 13.5. The van der Waals surface area contributed by atoms with Crippen LogP contribution in [0.25, 0.3) is 0 Å². The Bertz CT molecular complexity index is 1050. The predicted octanol–water partition coefficient (Wildman–Crippen LogP) is 2.92. The van der Waals surface area contributed by atoms with Gasteiger partial charge >= 0.3 is 0 Å². The zero-order valence-corrected chi connectivity index (χ0v) is 15.7. The Morgan fingerprint density at radius 2 is 2.07 bits per heavy atom. The molecule has 2 amide bonds. The molecule has 0 saturated carbocycles. The lowest BCUT2D eigenvalue weighted by Gasteiger charge is -2.21. The van der Waals surface area contributed by atoms with E-state index in [1.54, 1.807) is 36.5 Å². The minimum atomic E-state index is -0.466. The molecule has 2 aromatic carbocycles. The maximum atomic E-state index is 12.9. The highest BCUT2D eigenvalue weighted by atomic mass is 35.5. The molecule has 0 bridgehead atoms. The highest BCUT2D eigenvalue weighted by Crippen LogP contribution is 2.29. The number of carbonyl (C=O) groups excluding carboxylic acids is 2. The van der Waals surface area contributed by atoms with Crippen molar-refractivity contribution in [3.05, 3.63) is 76.8 Å². The molecule has 28 heavy (non-hydrogen) atoms. The maximum Gasteiger partial charge on any atom is 0.262 e. The molecule has 4 rings (SSSR count). The van der Waals surface area contributed by atoms with Crippen LogP contribution >= 0.6 is 11.6 Å². The third-order valence-electron chi connectivity index (χ3n) is 4.47. The van der Waals surface area contributed by atoms with E-state index in [1.165, 1.54) is 0 Å². The van der Waals surface area contributed by atoms with Gasteiger partial charge in [0.25, 0.3) is 11.8 Å². The van der Waals surface area contributed by atoms with Crippen LogP contribution in [0.1, 0.15) is 27.8 Å². The van der Waals surface area contributed by atoms with Crippen LogP contribution in [0.2, 0.25) is 5.02 Å². The van der Waals surface area contributed by atoms with E-state index >= 15 is 0 Å². The van der Waals surface area contributed by atoms with E-state index < -0.39 is 6.04 Å². The first-order valence-electron chi connectivity index (χ1n) is 8.61. The number of rotatable bonds is 4. The third-order valence-corrected chi connectivity index (χ3v) is 4.72. The van der Waals surface area contributed by atoms with Crippen LogP contribution in [0, 0.1) is 0 Å². The van der Waals surface area contributed by atoms with Crippen LogP contribution in [0.4, 0.5) is 5.69 Å². The molecule has 0 saturated heterocycles. The van der Waals surface area contributed by atoms with Gasteiger partial charge in [0.1, 0.15) is 17.6 Å². The molecular formula is C20H17ClN4O3. The van der Waals surface area contributed by atoms with Gasteiger partial charge in [-0.25, -0.2) is 4.98 Å². The summed E-state index contributed by atoms with van der Waals surface area (Å²) in [5.41, 5.74) is 1.73. The summed E-state index contributed by atoms with van der Waals surface area (Å²) in [5, 5.41) is 6.33. The van der Waals surface area contributed by atoms with Crippen molar-refractivity contribution in [1.82, 2.24) is 14.9 Å². The fourth-order valence-electron chi connectivity index (χ4n) is 3.05. The first kappa shape index (κ1) is 18.1. The van der Waals surface area contributed by atoms with Gasteiger partial charge in [-0.3, -0.25) is 9.59 Å². The van der Waals surface area contributed by atoms with E-state index in [0.29, 0.717) is 27.8 Å². The number of halogens is 1. The fourth-order valence-corrected chi connectivity index (χ4v) is 3.17. The molecule has 8 heteroatoms. The van der Waals surface area contributed by atoms with Crippen molar-refractivity contribution in [3.63, 3.8) is 0 Å². The monoisotopic (exact) mass is 396 g/mol. The van der Waals surface area contributed by atoms with Crippen LogP contribution in [-0.4, -0.2) is 28.0 Å². The fraction of sp³-hybridized carbons (Fsp3) is 0.150. The Hall–Kier alpha value is -3.32. The van der Waals surface area contributed by atoms with E-state index in [2.05, 4.69) is 15.6 Å². The third kappa shape index (κ3) is 3.57. The molecule has 0 spiro atoms. The molecule has 1 aliphatic rings. The SMILES string of the molecule is Cn1ccnc1[C@@H](NC(=O)c1ccc2c(c1)NC(=O)CO2)c1ccc(Cl)cc1. The number of nitrogens with one attached hydrogen (secondary N) is 2. The van der Waals surface area contributed by atoms with Crippen molar-refractivity contribution in [2.24, 2.45) is 7.05 Å². The van der Waals surface area contributed by atoms with Gasteiger partial charge in [0.2, 0.25) is 0 Å². The summed E-state index contributed by atoms with van der Waals surface area (Å²) in [7, 11) is 1.86. The summed E-state index contributed by atoms with van der Waals surface area (Å²) in [5.74, 6) is 0.669. The Morgan fingerprint density at radius 3 is 2.79 bits per heavy atom. The molecule has 0 fully saturated rings. The standard InChI is InChI=1S/C20H17ClN4O3/c1-25-9-8-22-19(25)18(12-2-5-14(21)6-3-12)24-20(27)13-4-7-16-15(10-13)23-17(26)11-28-16/h2-10,18H,11H2,1H3,(H,23,26)(H,24,27)/t18-/m0/s1. The van der Waals surface area contributed by atoms with Crippen LogP contribution in [0.15, 0.2) is 54.9 Å². The predicted molar refractivity (Wildman–Crippen MR) is 105 cm³/mol. The number of ether oxygens (including phenoxy) is 1. The number of hydrogen-bond donors (Lipinski definition) is 2. The summed E-state index contributed by atoms with van der Waals surface area (Å²) in [6.07, 6.45) is 3.49. The lowest BCUT2D eigenvalue weighted by Crippen LogP contribution is -2.31. The van der Waals surface area contributed by atoms with E-state index in [1.807, 2.05) is 29.9 Å². The Labute approximate surface area is 166 Å². The molecule has 1 atom stereocenters. The molecule has 7 nitrogen and oxygen atoms in total. The minimum absolute atomic E-state index is 0.0314. The average Bonchev–Trinajstić information content (AvgIpc) is 3.11. The molecule has 142 valence electrons. The normalized spacial score (nSPS) is 13.9. The summed E-state index contributed by atoms with van der Waals surface area (Å²) in [6, 6.07) is 11.7. The lowest BCUT2D eigenvalue weighted by molar-refractivity contribution is -0.118. The van der Waals surface area contributed by atoms with Gasteiger partial charge < -0.3 is 19.9 Å². The van der Waals surface area contributed by atoms with Crippen LogP contribution < -0.4 is 15.4 Å². The summed E-state index contributed by atoms with van der Waals surface area (Å²) in [4.78, 5) is 28.9. The Kier molecular flexibility index (Phi) is 4.75. The van der Waals surface area contributed by atoms with Gasteiger partial charge in [0.15, 0.2) is 6.61 Å². The number of carbonyl (C=O) groups is 2. The number of fused-ring (bicyclic) bond motifs is 1. The van der Waals surface area contributed by atoms with Crippen molar-refractivity contribution in [3.8, 4) is 5.75 Å². The molecule has 3 aromatic rings. The topological polar surface area (TPSA) is 85.3 Å². The highest BCUT2D eigenvalue weighted by Gasteiger charge is 2.23. The largest absolute Gasteiger partial charge is 0.482 e. The van der Waals surface area contributed by atoms with Gasteiger partial charge in [-0.2, -0.15) is 0 Å². The number of aromatic nitrogens is 2. The molecule has 2 N–H and O–H groups in total. The minimum Gasteiger partial charge on any atom is -0.482 e. The number of anilines is 1.